The van der Waals surface area contributed by atoms with Crippen LogP contribution in [0, 0.1) is 5.92 Å². The van der Waals surface area contributed by atoms with Crippen molar-refractivity contribution in [1.29, 1.82) is 0 Å². The molecule has 78 valence electrons. The van der Waals surface area contributed by atoms with Crippen LogP contribution in [-0.4, -0.2) is 16.3 Å². The molecule has 2 nitrogen and oxygen atoms in total. The first-order valence-electron chi connectivity index (χ1n) is 5.08. The van der Waals surface area contributed by atoms with Crippen LogP contribution in [0.2, 0.25) is 0 Å². The zero-order valence-electron chi connectivity index (χ0n) is 8.72. The molecule has 2 heteroatoms. The lowest BCUT2D eigenvalue weighted by Crippen LogP contribution is -2.23. The van der Waals surface area contributed by atoms with E-state index in [9.17, 15) is 10.2 Å². The van der Waals surface area contributed by atoms with Crippen molar-refractivity contribution in [3.63, 3.8) is 0 Å². The maximum Gasteiger partial charge on any atom is 0.0840 e. The summed E-state index contributed by atoms with van der Waals surface area (Å²) in [5, 5.41) is 19.5. The fraction of sp³-hybridized carbons (Fsp3) is 0.500. The van der Waals surface area contributed by atoms with Crippen molar-refractivity contribution in [2.24, 2.45) is 5.92 Å². The van der Waals surface area contributed by atoms with Gasteiger partial charge in [-0.2, -0.15) is 0 Å². The van der Waals surface area contributed by atoms with Crippen molar-refractivity contribution in [2.75, 3.05) is 0 Å². The SMILES string of the molecule is CC[C@@H](O)[C@@H](C)[C@H](O)c1ccccc1. The number of benzene rings is 1. The van der Waals surface area contributed by atoms with E-state index in [2.05, 4.69) is 0 Å². The van der Waals surface area contributed by atoms with Gasteiger partial charge in [0.05, 0.1) is 12.2 Å². The lowest BCUT2D eigenvalue weighted by atomic mass is 9.91. The summed E-state index contributed by atoms with van der Waals surface area (Å²) in [5.74, 6) is -0.123. The third-order valence-electron chi connectivity index (χ3n) is 2.66. The molecule has 0 bridgehead atoms. The van der Waals surface area contributed by atoms with Gasteiger partial charge in [0.15, 0.2) is 0 Å². The quantitative estimate of drug-likeness (QED) is 0.770. The van der Waals surface area contributed by atoms with Crippen LogP contribution in [0.1, 0.15) is 31.9 Å². The number of aliphatic hydroxyl groups excluding tert-OH is 2. The molecule has 0 unspecified atom stereocenters. The highest BCUT2D eigenvalue weighted by molar-refractivity contribution is 5.18. The van der Waals surface area contributed by atoms with E-state index in [4.69, 9.17) is 0 Å². The van der Waals surface area contributed by atoms with Gasteiger partial charge in [0.25, 0.3) is 0 Å². The highest BCUT2D eigenvalue weighted by Crippen LogP contribution is 2.25. The van der Waals surface area contributed by atoms with Gasteiger partial charge in [0, 0.05) is 5.92 Å². The van der Waals surface area contributed by atoms with Crippen molar-refractivity contribution in [3.8, 4) is 0 Å². The maximum absolute atomic E-state index is 9.93. The Morgan fingerprint density at radius 2 is 1.71 bits per heavy atom. The predicted molar refractivity (Wildman–Crippen MR) is 56.9 cm³/mol. The second-order valence-electron chi connectivity index (χ2n) is 3.69. The molecule has 1 aromatic carbocycles. The third-order valence-corrected chi connectivity index (χ3v) is 2.66. The Hall–Kier alpha value is -0.860. The fourth-order valence-corrected chi connectivity index (χ4v) is 1.54. The Morgan fingerprint density at radius 1 is 1.14 bits per heavy atom. The van der Waals surface area contributed by atoms with Gasteiger partial charge in [0.2, 0.25) is 0 Å². The van der Waals surface area contributed by atoms with Gasteiger partial charge in [-0.05, 0) is 12.0 Å². The van der Waals surface area contributed by atoms with E-state index in [1.165, 1.54) is 0 Å². The van der Waals surface area contributed by atoms with E-state index in [1.807, 2.05) is 44.2 Å². The molecular formula is C12H18O2. The van der Waals surface area contributed by atoms with Gasteiger partial charge in [-0.1, -0.05) is 44.2 Å². The summed E-state index contributed by atoms with van der Waals surface area (Å²) in [7, 11) is 0. The summed E-state index contributed by atoms with van der Waals surface area (Å²) in [6, 6.07) is 9.46. The molecule has 1 rings (SSSR count). The molecule has 0 aliphatic carbocycles. The molecule has 0 aliphatic heterocycles. The topological polar surface area (TPSA) is 40.5 Å². The minimum atomic E-state index is -0.578. The van der Waals surface area contributed by atoms with Crippen molar-refractivity contribution in [1.82, 2.24) is 0 Å². The summed E-state index contributed by atoms with van der Waals surface area (Å²) >= 11 is 0. The van der Waals surface area contributed by atoms with Crippen LogP contribution in [0.25, 0.3) is 0 Å². The van der Waals surface area contributed by atoms with E-state index in [0.717, 1.165) is 5.56 Å². The first-order valence-corrected chi connectivity index (χ1v) is 5.08. The lowest BCUT2D eigenvalue weighted by Gasteiger charge is -2.23. The molecule has 0 amide bonds. The first-order chi connectivity index (χ1) is 6.66. The van der Waals surface area contributed by atoms with E-state index >= 15 is 0 Å². The van der Waals surface area contributed by atoms with Crippen molar-refractivity contribution >= 4 is 0 Å². The van der Waals surface area contributed by atoms with Crippen LogP contribution in [0.5, 0.6) is 0 Å². The summed E-state index contributed by atoms with van der Waals surface area (Å²) in [6.07, 6.45) is -0.346. The predicted octanol–water partition coefficient (Wildman–Crippen LogP) is 2.13. The van der Waals surface area contributed by atoms with Gasteiger partial charge < -0.3 is 10.2 Å². The Kier molecular flexibility index (Phi) is 4.11. The van der Waals surface area contributed by atoms with Crippen LogP contribution in [-0.2, 0) is 0 Å². The molecule has 0 saturated carbocycles. The first kappa shape index (κ1) is 11.2. The molecule has 14 heavy (non-hydrogen) atoms. The van der Waals surface area contributed by atoms with Gasteiger partial charge in [0.1, 0.15) is 0 Å². The minimum Gasteiger partial charge on any atom is -0.393 e. The molecule has 1 aromatic rings. The highest BCUT2D eigenvalue weighted by atomic mass is 16.3. The van der Waals surface area contributed by atoms with E-state index < -0.39 is 12.2 Å². The molecule has 0 spiro atoms. The highest BCUT2D eigenvalue weighted by Gasteiger charge is 2.21. The van der Waals surface area contributed by atoms with Crippen LogP contribution in [0.3, 0.4) is 0 Å². The molecule has 0 radical (unpaired) electrons. The monoisotopic (exact) mass is 194 g/mol. The summed E-state index contributed by atoms with van der Waals surface area (Å²) in [5.41, 5.74) is 0.868. The average molecular weight is 194 g/mol. The molecular weight excluding hydrogens is 176 g/mol. The smallest absolute Gasteiger partial charge is 0.0840 e. The molecule has 0 fully saturated rings. The van der Waals surface area contributed by atoms with Crippen LogP contribution in [0.15, 0.2) is 30.3 Å². The van der Waals surface area contributed by atoms with Crippen LogP contribution < -0.4 is 0 Å². The van der Waals surface area contributed by atoms with E-state index in [0.29, 0.717) is 6.42 Å². The average Bonchev–Trinajstić information content (AvgIpc) is 2.27. The zero-order chi connectivity index (χ0) is 10.6. The van der Waals surface area contributed by atoms with Gasteiger partial charge in [-0.3, -0.25) is 0 Å². The number of rotatable bonds is 4. The van der Waals surface area contributed by atoms with Gasteiger partial charge in [-0.25, -0.2) is 0 Å². The second kappa shape index (κ2) is 5.13. The molecule has 0 aromatic heterocycles. The van der Waals surface area contributed by atoms with Crippen LogP contribution in [0.4, 0.5) is 0 Å². The summed E-state index contributed by atoms with van der Waals surface area (Å²) < 4.78 is 0. The standard InChI is InChI=1S/C12H18O2/c1-3-11(13)9(2)12(14)10-7-5-4-6-8-10/h4-9,11-14H,3H2,1-2H3/t9-,11-,12+/m1/s1. The number of hydrogen-bond donors (Lipinski definition) is 2. The normalized spacial score (nSPS) is 17.4. The number of aliphatic hydroxyl groups is 2. The molecule has 0 heterocycles. The fourth-order valence-electron chi connectivity index (χ4n) is 1.54. The zero-order valence-corrected chi connectivity index (χ0v) is 8.72. The number of hydrogen-bond acceptors (Lipinski definition) is 2. The summed E-state index contributed by atoms with van der Waals surface area (Å²) in [4.78, 5) is 0. The Bertz CT molecular complexity index is 258. The third kappa shape index (κ3) is 2.56. The van der Waals surface area contributed by atoms with Crippen LogP contribution >= 0.6 is 0 Å². The van der Waals surface area contributed by atoms with E-state index in [1.54, 1.807) is 0 Å². The van der Waals surface area contributed by atoms with Gasteiger partial charge >= 0.3 is 0 Å². The molecule has 2 N–H and O–H groups in total. The maximum atomic E-state index is 9.93. The Morgan fingerprint density at radius 3 is 2.21 bits per heavy atom. The summed E-state index contributed by atoms with van der Waals surface area (Å²) in [6.45, 7) is 3.78. The van der Waals surface area contributed by atoms with Gasteiger partial charge in [-0.15, -0.1) is 0 Å². The Balaban J connectivity index is 2.70. The Labute approximate surface area is 85.2 Å². The van der Waals surface area contributed by atoms with Crippen molar-refractivity contribution < 1.29 is 10.2 Å². The molecule has 3 atom stereocenters. The van der Waals surface area contributed by atoms with Crippen molar-refractivity contribution in [2.45, 2.75) is 32.5 Å². The molecule has 0 aliphatic rings. The van der Waals surface area contributed by atoms with E-state index in [-0.39, 0.29) is 5.92 Å². The van der Waals surface area contributed by atoms with Crippen molar-refractivity contribution in [3.05, 3.63) is 35.9 Å². The second-order valence-corrected chi connectivity index (χ2v) is 3.69. The minimum absolute atomic E-state index is 0.123. The molecule has 0 saturated heterocycles. The lowest BCUT2D eigenvalue weighted by molar-refractivity contribution is 0.0192. The largest absolute Gasteiger partial charge is 0.393 e.